The minimum Gasteiger partial charge on any atom is -0.475 e. The Morgan fingerprint density at radius 3 is 2.50 bits per heavy atom. The summed E-state index contributed by atoms with van der Waals surface area (Å²) < 4.78 is 31.7. The van der Waals surface area contributed by atoms with Crippen molar-refractivity contribution in [3.63, 3.8) is 0 Å². The highest BCUT2D eigenvalue weighted by molar-refractivity contribution is 5.89. The summed E-state index contributed by atoms with van der Waals surface area (Å²) >= 11 is 0. The van der Waals surface area contributed by atoms with Crippen LogP contribution in [0.4, 0.5) is 19.0 Å². The first-order valence-electron chi connectivity index (χ1n) is 9.51. The maximum absolute atomic E-state index is 13.2. The van der Waals surface area contributed by atoms with Crippen LogP contribution in [0, 0.1) is 0 Å². The molecule has 3 rings (SSSR count). The van der Waals surface area contributed by atoms with Gasteiger partial charge < -0.3 is 14.9 Å². The first-order chi connectivity index (χ1) is 14.0. The number of carbonyl (C=O) groups excluding carboxylic acids is 1. The number of carbonyl (C=O) groups is 2. The lowest BCUT2D eigenvalue weighted by molar-refractivity contribution is -0.192. The van der Waals surface area contributed by atoms with Crippen LogP contribution in [0.2, 0.25) is 0 Å². The molecule has 1 aromatic heterocycles. The van der Waals surface area contributed by atoms with Crippen molar-refractivity contribution in [1.29, 1.82) is 0 Å². The molecule has 1 aromatic rings. The third-order valence-corrected chi connectivity index (χ3v) is 5.21. The van der Waals surface area contributed by atoms with Gasteiger partial charge in [-0.05, 0) is 20.3 Å². The molecule has 2 aliphatic heterocycles. The summed E-state index contributed by atoms with van der Waals surface area (Å²) in [6, 6.07) is 0.232. The van der Waals surface area contributed by atoms with E-state index in [4.69, 9.17) is 9.90 Å². The quantitative estimate of drug-likeness (QED) is 0.730. The van der Waals surface area contributed by atoms with Crippen LogP contribution in [0.1, 0.15) is 20.3 Å². The normalized spacial score (nSPS) is 22.3. The zero-order chi connectivity index (χ0) is 22.5. The van der Waals surface area contributed by atoms with Crippen LogP contribution in [-0.4, -0.2) is 87.2 Å². The highest BCUT2D eigenvalue weighted by atomic mass is 19.4. The van der Waals surface area contributed by atoms with E-state index in [2.05, 4.69) is 40.2 Å². The molecule has 1 amide bonds. The van der Waals surface area contributed by atoms with E-state index in [1.165, 1.54) is 0 Å². The number of anilines is 1. The number of nitrogens with zero attached hydrogens (tertiary/aromatic N) is 5. The van der Waals surface area contributed by atoms with Crippen LogP contribution in [0.5, 0.6) is 0 Å². The zero-order valence-electron chi connectivity index (χ0n) is 17.0. The number of hydrogen-bond acceptors (Lipinski definition) is 6. The number of piperazine rings is 1. The highest BCUT2D eigenvalue weighted by Gasteiger charge is 2.53. The Bertz CT molecular complexity index is 760. The molecule has 1 N–H and O–H groups in total. The monoisotopic (exact) mass is 429 g/mol. The first-order valence-corrected chi connectivity index (χ1v) is 9.51. The van der Waals surface area contributed by atoms with Crippen LogP contribution in [-0.2, 0) is 9.59 Å². The fourth-order valence-corrected chi connectivity index (χ4v) is 3.74. The number of halogens is 3. The fraction of sp³-hybridized carbons (Fsp3) is 0.579. The lowest BCUT2D eigenvalue weighted by Gasteiger charge is -2.48. The molecule has 2 aliphatic rings. The SMILES string of the molecule is C=CCN1CCN(C(C)C)C(=O)C12CCN(c1cnccn1)C2.O=C(O)C(F)(F)F. The van der Waals surface area contributed by atoms with Crippen molar-refractivity contribution in [2.24, 2.45) is 0 Å². The van der Waals surface area contributed by atoms with Gasteiger partial charge in [-0.25, -0.2) is 9.78 Å². The molecule has 1 atom stereocenters. The lowest BCUT2D eigenvalue weighted by Crippen LogP contribution is -2.68. The van der Waals surface area contributed by atoms with Crippen molar-refractivity contribution < 1.29 is 27.9 Å². The molecule has 8 nitrogen and oxygen atoms in total. The Labute approximate surface area is 173 Å². The van der Waals surface area contributed by atoms with Gasteiger partial charge in [-0.2, -0.15) is 13.2 Å². The predicted octanol–water partition coefficient (Wildman–Crippen LogP) is 1.80. The number of aliphatic carboxylic acids is 1. The van der Waals surface area contributed by atoms with Crippen molar-refractivity contribution in [2.75, 3.05) is 37.6 Å². The molecule has 1 unspecified atom stereocenters. The average Bonchev–Trinajstić information content (AvgIpc) is 3.12. The summed E-state index contributed by atoms with van der Waals surface area (Å²) in [5.41, 5.74) is -0.464. The molecule has 30 heavy (non-hydrogen) atoms. The van der Waals surface area contributed by atoms with E-state index >= 15 is 0 Å². The van der Waals surface area contributed by atoms with E-state index in [-0.39, 0.29) is 11.9 Å². The van der Waals surface area contributed by atoms with Crippen LogP contribution in [0.25, 0.3) is 0 Å². The van der Waals surface area contributed by atoms with Crippen molar-refractivity contribution in [2.45, 2.75) is 38.0 Å². The Morgan fingerprint density at radius 2 is 2.00 bits per heavy atom. The van der Waals surface area contributed by atoms with Gasteiger partial charge in [-0.3, -0.25) is 14.7 Å². The van der Waals surface area contributed by atoms with Crippen molar-refractivity contribution in [3.05, 3.63) is 31.2 Å². The Balaban J connectivity index is 0.000000396. The second-order valence-corrected chi connectivity index (χ2v) is 7.40. The zero-order valence-corrected chi connectivity index (χ0v) is 17.0. The highest BCUT2D eigenvalue weighted by Crippen LogP contribution is 2.35. The second kappa shape index (κ2) is 9.41. The topological polar surface area (TPSA) is 89.9 Å². The first kappa shape index (κ1) is 23.6. The number of alkyl halides is 3. The number of amides is 1. The van der Waals surface area contributed by atoms with E-state index in [1.807, 2.05) is 11.0 Å². The summed E-state index contributed by atoms with van der Waals surface area (Å²) in [7, 11) is 0. The second-order valence-electron chi connectivity index (χ2n) is 7.40. The van der Waals surface area contributed by atoms with Gasteiger partial charge in [0.25, 0.3) is 0 Å². The third kappa shape index (κ3) is 5.07. The van der Waals surface area contributed by atoms with Gasteiger partial charge >= 0.3 is 12.1 Å². The largest absolute Gasteiger partial charge is 0.490 e. The molecule has 0 bridgehead atoms. The minimum atomic E-state index is -5.08. The van der Waals surface area contributed by atoms with Gasteiger partial charge in [0.15, 0.2) is 0 Å². The van der Waals surface area contributed by atoms with Crippen molar-refractivity contribution >= 4 is 17.7 Å². The molecule has 0 aromatic carbocycles. The van der Waals surface area contributed by atoms with Crippen molar-refractivity contribution in [3.8, 4) is 0 Å². The van der Waals surface area contributed by atoms with Gasteiger partial charge in [0.05, 0.1) is 6.20 Å². The fourth-order valence-electron chi connectivity index (χ4n) is 3.74. The minimum absolute atomic E-state index is 0.232. The molecule has 2 saturated heterocycles. The summed E-state index contributed by atoms with van der Waals surface area (Å²) in [4.78, 5) is 37.2. The molecule has 3 heterocycles. The van der Waals surface area contributed by atoms with E-state index in [0.29, 0.717) is 6.54 Å². The Kier molecular flexibility index (Phi) is 7.40. The average molecular weight is 429 g/mol. The van der Waals surface area contributed by atoms with Crippen LogP contribution < -0.4 is 4.90 Å². The maximum Gasteiger partial charge on any atom is 0.490 e. The molecular weight excluding hydrogens is 403 g/mol. The van der Waals surface area contributed by atoms with E-state index in [9.17, 15) is 18.0 Å². The summed E-state index contributed by atoms with van der Waals surface area (Å²) in [6.07, 6.45) is 2.77. The molecule has 0 aliphatic carbocycles. The number of aromatic nitrogens is 2. The summed E-state index contributed by atoms with van der Waals surface area (Å²) in [6.45, 7) is 12.0. The molecule has 0 radical (unpaired) electrons. The Hall–Kier alpha value is -2.69. The molecule has 1 spiro atoms. The lowest BCUT2D eigenvalue weighted by atomic mass is 9.90. The number of carboxylic acid groups (broad SMARTS) is 1. The molecule has 2 fully saturated rings. The number of rotatable bonds is 4. The molecular formula is C19H26F3N5O3. The predicted molar refractivity (Wildman–Crippen MR) is 104 cm³/mol. The van der Waals surface area contributed by atoms with Gasteiger partial charge in [0.1, 0.15) is 11.4 Å². The van der Waals surface area contributed by atoms with Crippen LogP contribution in [0.3, 0.4) is 0 Å². The maximum atomic E-state index is 13.2. The van der Waals surface area contributed by atoms with Gasteiger partial charge in [0, 0.05) is 51.2 Å². The van der Waals surface area contributed by atoms with Gasteiger partial charge in [-0.15, -0.1) is 6.58 Å². The summed E-state index contributed by atoms with van der Waals surface area (Å²) in [5, 5.41) is 7.12. The smallest absolute Gasteiger partial charge is 0.475 e. The van der Waals surface area contributed by atoms with E-state index in [0.717, 1.165) is 38.4 Å². The van der Waals surface area contributed by atoms with Crippen LogP contribution >= 0.6 is 0 Å². The molecule has 11 heteroatoms. The van der Waals surface area contributed by atoms with Crippen LogP contribution in [0.15, 0.2) is 31.2 Å². The van der Waals surface area contributed by atoms with Crippen molar-refractivity contribution in [1.82, 2.24) is 19.8 Å². The molecule has 166 valence electrons. The summed E-state index contributed by atoms with van der Waals surface area (Å²) in [5.74, 6) is -1.67. The third-order valence-electron chi connectivity index (χ3n) is 5.21. The standard InChI is InChI=1S/C17H25N5O.C2HF3O2/c1-4-8-21-10-11-22(14(2)3)16(23)17(21)5-9-20(13-17)15-12-18-6-7-19-15;3-2(4,5)1(6)7/h4,6-7,12,14H,1,5,8-11,13H2,2-3H3;(H,6,7). The van der Waals surface area contributed by atoms with Gasteiger partial charge in [-0.1, -0.05) is 6.08 Å². The molecule has 0 saturated carbocycles. The number of hydrogen-bond donors (Lipinski definition) is 1. The van der Waals surface area contributed by atoms with E-state index < -0.39 is 17.7 Å². The van der Waals surface area contributed by atoms with E-state index in [1.54, 1.807) is 18.6 Å². The van der Waals surface area contributed by atoms with Gasteiger partial charge in [0.2, 0.25) is 5.91 Å². The number of carboxylic acids is 1. The Morgan fingerprint density at radius 1 is 1.33 bits per heavy atom.